The normalized spacial score (nSPS) is 10.5. The number of pyridine rings is 1. The topological polar surface area (TPSA) is 103 Å². The molecule has 1 aromatic carbocycles. The molecule has 0 fully saturated rings. The number of ether oxygens (including phenoxy) is 1. The van der Waals surface area contributed by atoms with Gasteiger partial charge in [-0.3, -0.25) is 9.59 Å². The van der Waals surface area contributed by atoms with Crippen molar-refractivity contribution in [3.05, 3.63) is 63.1 Å². The summed E-state index contributed by atoms with van der Waals surface area (Å²) in [4.78, 5) is 47.1. The molecule has 27 heavy (non-hydrogen) atoms. The lowest BCUT2D eigenvalue weighted by atomic mass is 10.0. The van der Waals surface area contributed by atoms with Crippen molar-refractivity contribution < 1.29 is 33.0 Å². The number of rotatable bonds is 7. The number of aryl methyl sites for hydroxylation is 1. The van der Waals surface area contributed by atoms with E-state index in [1.54, 1.807) is 0 Å². The van der Waals surface area contributed by atoms with Gasteiger partial charge in [0.1, 0.15) is 17.9 Å². The summed E-state index contributed by atoms with van der Waals surface area (Å²) >= 11 is 0. The smallest absolute Gasteiger partial charge is 0.358 e. The third kappa shape index (κ3) is 4.25. The van der Waals surface area contributed by atoms with Crippen LogP contribution in [-0.4, -0.2) is 34.8 Å². The minimum atomic E-state index is -1.11. The molecular formula is C18H15F2NO6. The van der Waals surface area contributed by atoms with Crippen molar-refractivity contribution in [1.82, 2.24) is 4.57 Å². The van der Waals surface area contributed by atoms with Crippen molar-refractivity contribution in [3.63, 3.8) is 0 Å². The van der Waals surface area contributed by atoms with Crippen molar-refractivity contribution in [3.8, 4) is 5.75 Å². The average Bonchev–Trinajstić information content (AvgIpc) is 2.63. The van der Waals surface area contributed by atoms with Crippen LogP contribution in [0.4, 0.5) is 8.78 Å². The monoisotopic (exact) mass is 379 g/mol. The second-order valence-corrected chi connectivity index (χ2v) is 5.54. The lowest BCUT2D eigenvalue weighted by Gasteiger charge is -2.13. The summed E-state index contributed by atoms with van der Waals surface area (Å²) in [5.41, 5.74) is -2.06. The highest BCUT2D eigenvalue weighted by Crippen LogP contribution is 2.17. The molecule has 0 atom stereocenters. The number of carbonyl (C=O) groups excluding carboxylic acids is 3. The Kier molecular flexibility index (Phi) is 6.17. The van der Waals surface area contributed by atoms with Gasteiger partial charge < -0.3 is 19.2 Å². The third-order valence-electron chi connectivity index (χ3n) is 3.84. The van der Waals surface area contributed by atoms with Gasteiger partial charge in [0.15, 0.2) is 17.2 Å². The highest BCUT2D eigenvalue weighted by Gasteiger charge is 2.24. The number of carbonyl (C=O) groups is 3. The zero-order chi connectivity index (χ0) is 20.1. The second-order valence-electron chi connectivity index (χ2n) is 5.54. The molecular weight excluding hydrogens is 364 g/mol. The molecule has 1 heterocycles. The Morgan fingerprint density at radius 3 is 2.59 bits per heavy atom. The van der Waals surface area contributed by atoms with Crippen molar-refractivity contribution in [2.45, 2.75) is 19.4 Å². The quantitative estimate of drug-likeness (QED) is 0.446. The van der Waals surface area contributed by atoms with E-state index in [4.69, 9.17) is 0 Å². The molecule has 0 spiro atoms. The van der Waals surface area contributed by atoms with E-state index in [1.807, 2.05) is 0 Å². The predicted octanol–water partition coefficient (Wildman–Crippen LogP) is 1.63. The van der Waals surface area contributed by atoms with Crippen molar-refractivity contribution in [2.75, 3.05) is 7.11 Å². The lowest BCUT2D eigenvalue weighted by Crippen LogP contribution is -2.24. The van der Waals surface area contributed by atoms with Gasteiger partial charge in [-0.1, -0.05) is 6.07 Å². The van der Waals surface area contributed by atoms with Crippen molar-refractivity contribution in [2.24, 2.45) is 0 Å². The molecule has 0 unspecified atom stereocenters. The first-order valence-electron chi connectivity index (χ1n) is 7.75. The van der Waals surface area contributed by atoms with Gasteiger partial charge in [0.05, 0.1) is 19.2 Å². The third-order valence-corrected chi connectivity index (χ3v) is 3.84. The van der Waals surface area contributed by atoms with Gasteiger partial charge in [-0.15, -0.1) is 0 Å². The molecule has 142 valence electrons. The number of nitrogens with zero attached hydrogens (tertiary/aromatic N) is 1. The number of halogens is 2. The predicted molar refractivity (Wildman–Crippen MR) is 88.8 cm³/mol. The summed E-state index contributed by atoms with van der Waals surface area (Å²) in [5.74, 6) is -4.41. The molecule has 9 heteroatoms. The van der Waals surface area contributed by atoms with Gasteiger partial charge in [0.25, 0.3) is 0 Å². The second kappa shape index (κ2) is 8.35. The van der Waals surface area contributed by atoms with Crippen LogP contribution in [0, 0.1) is 11.6 Å². The largest absolute Gasteiger partial charge is 0.502 e. The fourth-order valence-electron chi connectivity index (χ4n) is 2.49. The number of hydrogen-bond donors (Lipinski definition) is 1. The van der Waals surface area contributed by atoms with E-state index in [1.165, 1.54) is 6.07 Å². The Morgan fingerprint density at radius 2 is 2.00 bits per heavy atom. The standard InChI is InChI=1S/C18H15F2NO6/c1-27-18(26)15-17(25)16(24)12(9-21(15)6-7-22)14(23)5-3-10-2-4-11(19)8-13(10)20/h2,4,7-9,25H,3,5-6H2,1H3. The van der Waals surface area contributed by atoms with Crippen LogP contribution in [0.1, 0.15) is 32.8 Å². The van der Waals surface area contributed by atoms with Crippen molar-refractivity contribution >= 4 is 18.0 Å². The molecule has 0 saturated carbocycles. The van der Waals surface area contributed by atoms with Crippen LogP contribution in [0.3, 0.4) is 0 Å². The highest BCUT2D eigenvalue weighted by atomic mass is 19.1. The Balaban J connectivity index is 2.36. The summed E-state index contributed by atoms with van der Waals surface area (Å²) in [7, 11) is 1.02. The van der Waals surface area contributed by atoms with Gasteiger partial charge in [0, 0.05) is 18.7 Å². The summed E-state index contributed by atoms with van der Waals surface area (Å²) < 4.78 is 31.9. The first-order chi connectivity index (χ1) is 12.8. The fraction of sp³-hybridized carbons (Fsp3) is 0.222. The van der Waals surface area contributed by atoms with E-state index in [0.29, 0.717) is 12.4 Å². The maximum Gasteiger partial charge on any atom is 0.358 e. The highest BCUT2D eigenvalue weighted by molar-refractivity contribution is 5.98. The first kappa shape index (κ1) is 20.0. The van der Waals surface area contributed by atoms with Crippen LogP contribution in [0.5, 0.6) is 5.75 Å². The average molecular weight is 379 g/mol. The maximum atomic E-state index is 13.6. The van der Waals surface area contributed by atoms with Gasteiger partial charge in [-0.05, 0) is 18.1 Å². The van der Waals surface area contributed by atoms with E-state index in [9.17, 15) is 33.1 Å². The van der Waals surface area contributed by atoms with Crippen molar-refractivity contribution in [1.29, 1.82) is 0 Å². The molecule has 2 rings (SSSR count). The summed E-state index contributed by atoms with van der Waals surface area (Å²) in [6.07, 6.45) is 0.942. The molecule has 0 aliphatic carbocycles. The number of ketones is 1. The molecule has 0 saturated heterocycles. The van der Waals surface area contributed by atoms with Crippen LogP contribution in [-0.2, 0) is 22.5 Å². The molecule has 1 N–H and O–H groups in total. The van der Waals surface area contributed by atoms with Crippen LogP contribution < -0.4 is 5.43 Å². The Hall–Kier alpha value is -3.36. The molecule has 0 bridgehead atoms. The number of benzene rings is 1. The minimum absolute atomic E-state index is 0.0772. The molecule has 0 amide bonds. The summed E-state index contributed by atoms with van der Waals surface area (Å²) in [6, 6.07) is 2.89. The molecule has 1 aromatic heterocycles. The maximum absolute atomic E-state index is 13.6. The van der Waals surface area contributed by atoms with Crippen LogP contribution in [0.25, 0.3) is 0 Å². The molecule has 0 aliphatic rings. The zero-order valence-electron chi connectivity index (χ0n) is 14.2. The molecule has 2 aromatic rings. The number of Topliss-reactive ketones (excluding diaryl/α,β-unsaturated/α-hetero) is 1. The molecule has 0 radical (unpaired) electrons. The number of aromatic hydroxyl groups is 1. The lowest BCUT2D eigenvalue weighted by molar-refractivity contribution is -0.108. The van der Waals surface area contributed by atoms with Gasteiger partial charge in [0.2, 0.25) is 5.43 Å². The van der Waals surface area contributed by atoms with E-state index >= 15 is 0 Å². The molecule has 0 aliphatic heterocycles. The van der Waals surface area contributed by atoms with E-state index < -0.39 is 52.4 Å². The summed E-state index contributed by atoms with van der Waals surface area (Å²) in [6.45, 7) is -0.412. The van der Waals surface area contributed by atoms with Crippen LogP contribution in [0.2, 0.25) is 0 Å². The minimum Gasteiger partial charge on any atom is -0.502 e. The van der Waals surface area contributed by atoms with E-state index in [2.05, 4.69) is 4.74 Å². The number of esters is 1. The SMILES string of the molecule is COC(=O)c1c(O)c(=O)c(C(=O)CCc2ccc(F)cc2F)cn1CC=O. The molecule has 7 nitrogen and oxygen atoms in total. The zero-order valence-corrected chi connectivity index (χ0v) is 14.2. The Bertz CT molecular complexity index is 967. The first-order valence-corrected chi connectivity index (χ1v) is 7.75. The Labute approximate surface area is 151 Å². The Morgan fingerprint density at radius 1 is 1.30 bits per heavy atom. The fourth-order valence-corrected chi connectivity index (χ4v) is 2.49. The van der Waals surface area contributed by atoms with Gasteiger partial charge in [-0.2, -0.15) is 0 Å². The number of methoxy groups -OCH3 is 1. The van der Waals surface area contributed by atoms with Gasteiger partial charge >= 0.3 is 5.97 Å². The van der Waals surface area contributed by atoms with Crippen LogP contribution in [0.15, 0.2) is 29.2 Å². The van der Waals surface area contributed by atoms with E-state index in [0.717, 1.165) is 23.9 Å². The summed E-state index contributed by atoms with van der Waals surface area (Å²) in [5, 5.41) is 9.99. The number of aldehydes is 1. The number of hydrogen-bond acceptors (Lipinski definition) is 6. The number of aromatic nitrogens is 1. The van der Waals surface area contributed by atoms with Gasteiger partial charge in [-0.25, -0.2) is 13.6 Å². The van der Waals surface area contributed by atoms with Crippen LogP contribution >= 0.6 is 0 Å². The van der Waals surface area contributed by atoms with E-state index in [-0.39, 0.29) is 18.4 Å².